The summed E-state index contributed by atoms with van der Waals surface area (Å²) in [6, 6.07) is 5.75. The summed E-state index contributed by atoms with van der Waals surface area (Å²) in [5, 5.41) is 2.82. The van der Waals surface area contributed by atoms with Crippen molar-refractivity contribution in [3.05, 3.63) is 28.2 Å². The van der Waals surface area contributed by atoms with Gasteiger partial charge >= 0.3 is 0 Å². The lowest BCUT2D eigenvalue weighted by Crippen LogP contribution is -2.34. The standard InChI is InChI=1S/C15H21BrN2O2/c1-4-8-17-15(20)7-9-18(12(3)19)14-6-5-13(16)10-11(14)2/h5-6,10H,4,7-9H2,1-3H3,(H,17,20). The van der Waals surface area contributed by atoms with Gasteiger partial charge in [0, 0.05) is 36.6 Å². The summed E-state index contributed by atoms with van der Waals surface area (Å²) in [6.07, 6.45) is 1.23. The van der Waals surface area contributed by atoms with Gasteiger partial charge in [-0.25, -0.2) is 0 Å². The molecule has 0 unspecified atom stereocenters. The van der Waals surface area contributed by atoms with Gasteiger partial charge in [0.2, 0.25) is 11.8 Å². The number of amides is 2. The minimum absolute atomic E-state index is 0.0205. The summed E-state index contributed by atoms with van der Waals surface area (Å²) in [6.45, 7) is 6.55. The van der Waals surface area contributed by atoms with Crippen molar-refractivity contribution in [1.82, 2.24) is 5.32 Å². The van der Waals surface area contributed by atoms with Gasteiger partial charge in [0.25, 0.3) is 0 Å². The Kier molecular flexibility index (Phi) is 6.71. The van der Waals surface area contributed by atoms with E-state index in [0.717, 1.165) is 22.1 Å². The van der Waals surface area contributed by atoms with Crippen LogP contribution < -0.4 is 10.2 Å². The van der Waals surface area contributed by atoms with Crippen LogP contribution in [-0.4, -0.2) is 24.9 Å². The molecule has 0 spiro atoms. The zero-order chi connectivity index (χ0) is 15.1. The Morgan fingerprint density at radius 1 is 1.35 bits per heavy atom. The van der Waals surface area contributed by atoms with Gasteiger partial charge in [-0.3, -0.25) is 9.59 Å². The normalized spacial score (nSPS) is 10.2. The van der Waals surface area contributed by atoms with Crippen LogP contribution in [0.1, 0.15) is 32.3 Å². The molecule has 0 aromatic heterocycles. The van der Waals surface area contributed by atoms with E-state index in [0.29, 0.717) is 19.5 Å². The summed E-state index contributed by atoms with van der Waals surface area (Å²) in [5.41, 5.74) is 1.85. The van der Waals surface area contributed by atoms with Crippen molar-refractivity contribution in [2.75, 3.05) is 18.0 Å². The van der Waals surface area contributed by atoms with E-state index in [1.165, 1.54) is 6.92 Å². The summed E-state index contributed by atoms with van der Waals surface area (Å²) in [4.78, 5) is 25.1. The molecule has 5 heteroatoms. The first-order valence-corrected chi connectivity index (χ1v) is 7.56. The fourth-order valence-corrected chi connectivity index (χ4v) is 2.41. The lowest BCUT2D eigenvalue weighted by atomic mass is 10.1. The van der Waals surface area contributed by atoms with E-state index in [-0.39, 0.29) is 11.8 Å². The topological polar surface area (TPSA) is 49.4 Å². The van der Waals surface area contributed by atoms with Gasteiger partial charge in [-0.05, 0) is 37.1 Å². The Morgan fingerprint density at radius 2 is 2.05 bits per heavy atom. The van der Waals surface area contributed by atoms with Crippen molar-refractivity contribution in [3.8, 4) is 0 Å². The molecule has 1 N–H and O–H groups in total. The highest BCUT2D eigenvalue weighted by molar-refractivity contribution is 9.10. The number of hydrogen-bond acceptors (Lipinski definition) is 2. The minimum atomic E-state index is -0.0567. The highest BCUT2D eigenvalue weighted by Crippen LogP contribution is 2.24. The van der Waals surface area contributed by atoms with Gasteiger partial charge in [-0.1, -0.05) is 22.9 Å². The summed E-state index contributed by atoms with van der Waals surface area (Å²) < 4.78 is 0.975. The van der Waals surface area contributed by atoms with Gasteiger partial charge < -0.3 is 10.2 Å². The monoisotopic (exact) mass is 340 g/mol. The third-order valence-corrected chi connectivity index (χ3v) is 3.46. The van der Waals surface area contributed by atoms with Gasteiger partial charge in [0.1, 0.15) is 0 Å². The molecular formula is C15H21BrN2O2. The van der Waals surface area contributed by atoms with E-state index >= 15 is 0 Å². The Morgan fingerprint density at radius 3 is 2.60 bits per heavy atom. The highest BCUT2D eigenvalue weighted by Gasteiger charge is 2.15. The molecule has 0 atom stereocenters. The van der Waals surface area contributed by atoms with Crippen molar-refractivity contribution >= 4 is 33.4 Å². The smallest absolute Gasteiger partial charge is 0.223 e. The van der Waals surface area contributed by atoms with Crippen LogP contribution in [0.2, 0.25) is 0 Å². The van der Waals surface area contributed by atoms with Crippen LogP contribution in [0.3, 0.4) is 0 Å². The zero-order valence-electron chi connectivity index (χ0n) is 12.2. The molecule has 0 radical (unpaired) electrons. The number of nitrogens with zero attached hydrogens (tertiary/aromatic N) is 1. The number of halogens is 1. The maximum atomic E-state index is 11.8. The Labute approximate surface area is 128 Å². The van der Waals surface area contributed by atoms with Crippen LogP contribution in [0, 0.1) is 6.92 Å². The molecule has 0 saturated heterocycles. The highest BCUT2D eigenvalue weighted by atomic mass is 79.9. The third kappa shape index (κ3) is 4.96. The molecule has 1 aromatic rings. The van der Waals surface area contributed by atoms with Crippen molar-refractivity contribution in [1.29, 1.82) is 0 Å². The molecule has 0 aliphatic rings. The fraction of sp³-hybridized carbons (Fsp3) is 0.467. The first kappa shape index (κ1) is 16.7. The number of rotatable bonds is 6. The lowest BCUT2D eigenvalue weighted by molar-refractivity contribution is -0.121. The van der Waals surface area contributed by atoms with Gasteiger partial charge in [-0.2, -0.15) is 0 Å². The number of nitrogens with one attached hydrogen (secondary N) is 1. The number of benzene rings is 1. The largest absolute Gasteiger partial charge is 0.356 e. The first-order chi connectivity index (χ1) is 9.45. The molecule has 20 heavy (non-hydrogen) atoms. The van der Waals surface area contributed by atoms with Crippen LogP contribution in [0.15, 0.2) is 22.7 Å². The fourth-order valence-electron chi connectivity index (χ4n) is 1.94. The van der Waals surface area contributed by atoms with Gasteiger partial charge in [0.15, 0.2) is 0 Å². The van der Waals surface area contributed by atoms with Crippen molar-refractivity contribution < 1.29 is 9.59 Å². The van der Waals surface area contributed by atoms with Crippen LogP contribution in [0.4, 0.5) is 5.69 Å². The molecule has 0 fully saturated rings. The molecule has 0 bridgehead atoms. The molecule has 0 saturated carbocycles. The molecule has 110 valence electrons. The Bertz CT molecular complexity index is 489. The van der Waals surface area contributed by atoms with Gasteiger partial charge in [-0.15, -0.1) is 0 Å². The minimum Gasteiger partial charge on any atom is -0.356 e. The van der Waals surface area contributed by atoms with E-state index in [9.17, 15) is 9.59 Å². The number of carbonyl (C=O) groups is 2. The summed E-state index contributed by atoms with van der Waals surface area (Å²) >= 11 is 3.41. The molecular weight excluding hydrogens is 320 g/mol. The van der Waals surface area contributed by atoms with Crippen LogP contribution in [0.25, 0.3) is 0 Å². The lowest BCUT2D eigenvalue weighted by Gasteiger charge is -2.23. The average Bonchev–Trinajstić information content (AvgIpc) is 2.38. The second-order valence-corrected chi connectivity index (χ2v) is 5.62. The predicted molar refractivity (Wildman–Crippen MR) is 84.8 cm³/mol. The van der Waals surface area contributed by atoms with Crippen LogP contribution in [-0.2, 0) is 9.59 Å². The molecule has 0 heterocycles. The second-order valence-electron chi connectivity index (χ2n) is 4.70. The zero-order valence-corrected chi connectivity index (χ0v) is 13.8. The molecule has 0 aliphatic carbocycles. The maximum Gasteiger partial charge on any atom is 0.223 e. The number of carbonyl (C=O) groups excluding carboxylic acids is 2. The number of aryl methyl sites for hydroxylation is 1. The quantitative estimate of drug-likeness (QED) is 0.865. The van der Waals surface area contributed by atoms with Crippen LogP contribution >= 0.6 is 15.9 Å². The van der Waals surface area contributed by atoms with Gasteiger partial charge in [0.05, 0.1) is 0 Å². The average molecular weight is 341 g/mol. The molecule has 1 aromatic carbocycles. The SMILES string of the molecule is CCCNC(=O)CCN(C(C)=O)c1ccc(Br)cc1C. The molecule has 1 rings (SSSR count). The Hall–Kier alpha value is -1.36. The van der Waals surface area contributed by atoms with Crippen molar-refractivity contribution in [2.24, 2.45) is 0 Å². The second kappa shape index (κ2) is 8.04. The van der Waals surface area contributed by atoms with Crippen molar-refractivity contribution in [2.45, 2.75) is 33.6 Å². The summed E-state index contributed by atoms with van der Waals surface area (Å²) in [5.74, 6) is -0.0772. The third-order valence-electron chi connectivity index (χ3n) is 2.96. The first-order valence-electron chi connectivity index (χ1n) is 6.76. The van der Waals surface area contributed by atoms with E-state index in [2.05, 4.69) is 21.2 Å². The Balaban J connectivity index is 2.75. The molecule has 2 amide bonds. The molecule has 0 aliphatic heterocycles. The summed E-state index contributed by atoms with van der Waals surface area (Å²) in [7, 11) is 0. The predicted octanol–water partition coefficient (Wildman–Crippen LogP) is 3.03. The van der Waals surface area contributed by atoms with E-state index in [1.807, 2.05) is 32.0 Å². The van der Waals surface area contributed by atoms with Crippen LogP contribution in [0.5, 0.6) is 0 Å². The molecule has 4 nitrogen and oxygen atoms in total. The van der Waals surface area contributed by atoms with E-state index < -0.39 is 0 Å². The number of anilines is 1. The van der Waals surface area contributed by atoms with E-state index in [1.54, 1.807) is 4.90 Å². The van der Waals surface area contributed by atoms with Crippen molar-refractivity contribution in [3.63, 3.8) is 0 Å². The number of hydrogen-bond donors (Lipinski definition) is 1. The maximum absolute atomic E-state index is 11.8. The van der Waals surface area contributed by atoms with E-state index in [4.69, 9.17) is 0 Å².